The van der Waals surface area contributed by atoms with E-state index in [0.29, 0.717) is 17.5 Å². The fraction of sp³-hybridized carbons (Fsp3) is 0.364. The zero-order valence-corrected chi connectivity index (χ0v) is 16.5. The van der Waals surface area contributed by atoms with E-state index >= 15 is 0 Å². The molecule has 0 aromatic heterocycles. The maximum absolute atomic E-state index is 12.6. The lowest BCUT2D eigenvalue weighted by atomic mass is 9.84. The molecule has 0 amide bonds. The second kappa shape index (κ2) is 9.93. The van der Waals surface area contributed by atoms with Gasteiger partial charge in [0.25, 0.3) is 0 Å². The van der Waals surface area contributed by atoms with Crippen LogP contribution in [0.1, 0.15) is 37.8 Å². The van der Waals surface area contributed by atoms with Crippen LogP contribution in [-0.4, -0.2) is 32.9 Å². The molecule has 156 valence electrons. The summed E-state index contributed by atoms with van der Waals surface area (Å²) in [4.78, 5) is 24.9. The first-order chi connectivity index (χ1) is 13.7. The van der Waals surface area contributed by atoms with E-state index in [9.17, 15) is 24.9 Å². The van der Waals surface area contributed by atoms with Gasteiger partial charge in [0.05, 0.1) is 6.42 Å². The van der Waals surface area contributed by atoms with E-state index in [0.717, 1.165) is 0 Å². The average Bonchev–Trinajstić information content (AvgIpc) is 2.71. The Labute approximate surface area is 169 Å². The molecule has 3 N–H and O–H groups in total. The molecule has 0 saturated carbocycles. The van der Waals surface area contributed by atoms with Gasteiger partial charge in [-0.3, -0.25) is 4.79 Å². The van der Waals surface area contributed by atoms with Gasteiger partial charge in [-0.25, -0.2) is 4.79 Å². The van der Waals surface area contributed by atoms with Gasteiger partial charge in [-0.15, -0.1) is 0 Å². The van der Waals surface area contributed by atoms with Crippen LogP contribution in [0.4, 0.5) is 0 Å². The Hall–Kier alpha value is -3.06. The number of phenols is 2. The summed E-state index contributed by atoms with van der Waals surface area (Å²) in [6.45, 7) is 3.32. The van der Waals surface area contributed by atoms with Crippen LogP contribution in [0.3, 0.4) is 0 Å². The summed E-state index contributed by atoms with van der Waals surface area (Å²) < 4.78 is 10.4. The first-order valence-corrected chi connectivity index (χ1v) is 9.35. The van der Waals surface area contributed by atoms with E-state index in [1.165, 1.54) is 24.3 Å². The van der Waals surface area contributed by atoms with Crippen LogP contribution in [0.25, 0.3) is 0 Å². The normalized spacial score (nSPS) is 13.9. The zero-order valence-electron chi connectivity index (χ0n) is 16.5. The molecule has 0 radical (unpaired) electrons. The molecule has 2 atom stereocenters. The standard InChI is InChI=1S/C22H26O7/c1-3-15(2)22(27,21(26)29-14-17-6-10-19(24)11-7-17)12-20(25)28-13-16-4-8-18(23)9-5-16/h4-11,15,23-24,27H,3,12-14H2,1-2H3/t15-,22-/m0/s1. The Balaban J connectivity index is 1.99. The predicted molar refractivity (Wildman–Crippen MR) is 105 cm³/mol. The molecule has 0 aliphatic carbocycles. The second-order valence-corrected chi connectivity index (χ2v) is 6.98. The maximum Gasteiger partial charge on any atom is 0.339 e. The highest BCUT2D eigenvalue weighted by Gasteiger charge is 2.44. The minimum Gasteiger partial charge on any atom is -0.508 e. The minimum atomic E-state index is -2.02. The van der Waals surface area contributed by atoms with Crippen molar-refractivity contribution in [2.75, 3.05) is 0 Å². The molecule has 0 aliphatic rings. The van der Waals surface area contributed by atoms with E-state index < -0.39 is 29.9 Å². The molecular formula is C22H26O7. The third-order valence-electron chi connectivity index (χ3n) is 4.84. The number of carbonyl (C=O) groups is 2. The van der Waals surface area contributed by atoms with Crippen molar-refractivity contribution in [1.82, 2.24) is 0 Å². The van der Waals surface area contributed by atoms with Crippen LogP contribution in [0.2, 0.25) is 0 Å². The molecule has 7 heteroatoms. The molecular weight excluding hydrogens is 376 g/mol. The SMILES string of the molecule is CC[C@H](C)[C@@](O)(CC(=O)OCc1ccc(O)cc1)C(=O)OCc1ccc(O)cc1. The maximum atomic E-state index is 12.6. The van der Waals surface area contributed by atoms with Crippen LogP contribution >= 0.6 is 0 Å². The Morgan fingerprint density at radius 2 is 1.34 bits per heavy atom. The van der Waals surface area contributed by atoms with E-state index in [1.54, 1.807) is 38.1 Å². The summed E-state index contributed by atoms with van der Waals surface area (Å²) in [6.07, 6.45) is -0.0788. The summed E-state index contributed by atoms with van der Waals surface area (Å²) >= 11 is 0. The molecule has 7 nitrogen and oxygen atoms in total. The fourth-order valence-electron chi connectivity index (χ4n) is 2.68. The Bertz CT molecular complexity index is 814. The number of aliphatic hydroxyl groups is 1. The molecule has 2 rings (SSSR count). The van der Waals surface area contributed by atoms with Crippen LogP contribution < -0.4 is 0 Å². The van der Waals surface area contributed by atoms with E-state index in [2.05, 4.69) is 0 Å². The predicted octanol–water partition coefficient (Wildman–Crippen LogP) is 3.05. The van der Waals surface area contributed by atoms with Crippen molar-refractivity contribution in [1.29, 1.82) is 0 Å². The van der Waals surface area contributed by atoms with Gasteiger partial charge in [-0.05, 0) is 41.3 Å². The highest BCUT2D eigenvalue weighted by atomic mass is 16.6. The number of rotatable bonds is 9. The topological polar surface area (TPSA) is 113 Å². The number of hydrogen-bond acceptors (Lipinski definition) is 7. The molecule has 0 fully saturated rings. The fourth-order valence-corrected chi connectivity index (χ4v) is 2.68. The van der Waals surface area contributed by atoms with Gasteiger partial charge in [0.1, 0.15) is 24.7 Å². The number of esters is 2. The third-order valence-corrected chi connectivity index (χ3v) is 4.84. The van der Waals surface area contributed by atoms with Crippen LogP contribution in [0.15, 0.2) is 48.5 Å². The van der Waals surface area contributed by atoms with Crippen LogP contribution in [-0.2, 0) is 32.3 Å². The number of ether oxygens (including phenoxy) is 2. The van der Waals surface area contributed by atoms with Crippen LogP contribution in [0, 0.1) is 5.92 Å². The molecule has 0 unspecified atom stereocenters. The van der Waals surface area contributed by atoms with Crippen molar-refractivity contribution in [2.24, 2.45) is 5.92 Å². The van der Waals surface area contributed by atoms with Gasteiger partial charge in [0.2, 0.25) is 0 Å². The second-order valence-electron chi connectivity index (χ2n) is 6.98. The van der Waals surface area contributed by atoms with E-state index in [4.69, 9.17) is 9.47 Å². The van der Waals surface area contributed by atoms with Crippen molar-refractivity contribution < 1.29 is 34.4 Å². The molecule has 0 aliphatic heterocycles. The van der Waals surface area contributed by atoms with Gasteiger partial charge in [-0.1, -0.05) is 44.5 Å². The lowest BCUT2D eigenvalue weighted by molar-refractivity contribution is -0.180. The lowest BCUT2D eigenvalue weighted by Gasteiger charge is -2.30. The monoisotopic (exact) mass is 402 g/mol. The van der Waals surface area contributed by atoms with Crippen molar-refractivity contribution >= 4 is 11.9 Å². The van der Waals surface area contributed by atoms with E-state index in [1.807, 2.05) is 0 Å². The Morgan fingerprint density at radius 1 is 0.897 bits per heavy atom. The number of carbonyl (C=O) groups excluding carboxylic acids is 2. The van der Waals surface area contributed by atoms with Gasteiger partial charge in [-0.2, -0.15) is 0 Å². The summed E-state index contributed by atoms with van der Waals surface area (Å²) in [5, 5.41) is 29.5. The van der Waals surface area contributed by atoms with Gasteiger partial charge in [0.15, 0.2) is 5.60 Å². The number of aromatic hydroxyl groups is 2. The van der Waals surface area contributed by atoms with E-state index in [-0.39, 0.29) is 24.7 Å². The summed E-state index contributed by atoms with van der Waals surface area (Å²) in [6, 6.07) is 12.3. The third kappa shape index (κ3) is 6.22. The molecule has 2 aromatic rings. The van der Waals surface area contributed by atoms with Gasteiger partial charge >= 0.3 is 11.9 Å². The minimum absolute atomic E-state index is 0.0434. The Morgan fingerprint density at radius 3 is 1.79 bits per heavy atom. The average molecular weight is 402 g/mol. The lowest BCUT2D eigenvalue weighted by Crippen LogP contribution is -2.47. The van der Waals surface area contributed by atoms with Crippen molar-refractivity contribution in [3.8, 4) is 11.5 Å². The first kappa shape index (κ1) is 22.2. The molecule has 0 saturated heterocycles. The number of phenolic OH excluding ortho intramolecular Hbond substituents is 2. The quantitative estimate of drug-likeness (QED) is 0.553. The zero-order chi connectivity index (χ0) is 21.4. The summed E-state index contributed by atoms with van der Waals surface area (Å²) in [7, 11) is 0. The molecule has 0 bridgehead atoms. The highest BCUT2D eigenvalue weighted by Crippen LogP contribution is 2.27. The number of benzene rings is 2. The Kier molecular flexibility index (Phi) is 7.61. The first-order valence-electron chi connectivity index (χ1n) is 9.35. The summed E-state index contributed by atoms with van der Waals surface area (Å²) in [5.74, 6) is -1.98. The molecule has 2 aromatic carbocycles. The van der Waals surface area contributed by atoms with Crippen molar-refractivity contribution in [3.63, 3.8) is 0 Å². The molecule has 0 heterocycles. The largest absolute Gasteiger partial charge is 0.508 e. The summed E-state index contributed by atoms with van der Waals surface area (Å²) in [5.41, 5.74) is -0.715. The van der Waals surface area contributed by atoms with Crippen molar-refractivity contribution in [3.05, 3.63) is 59.7 Å². The van der Waals surface area contributed by atoms with Crippen molar-refractivity contribution in [2.45, 2.75) is 45.5 Å². The van der Waals surface area contributed by atoms with Gasteiger partial charge < -0.3 is 24.8 Å². The van der Waals surface area contributed by atoms with Gasteiger partial charge in [0, 0.05) is 0 Å². The number of hydrogen-bond donors (Lipinski definition) is 3. The molecule has 0 spiro atoms. The van der Waals surface area contributed by atoms with Crippen LogP contribution in [0.5, 0.6) is 11.5 Å². The smallest absolute Gasteiger partial charge is 0.339 e. The molecule has 29 heavy (non-hydrogen) atoms. The highest BCUT2D eigenvalue weighted by molar-refractivity contribution is 5.86.